The van der Waals surface area contributed by atoms with Crippen LogP contribution in [0.4, 0.5) is 0 Å². The Morgan fingerprint density at radius 2 is 1.36 bits per heavy atom. The summed E-state index contributed by atoms with van der Waals surface area (Å²) in [6, 6.07) is 15.7. The van der Waals surface area contributed by atoms with E-state index in [1.165, 1.54) is 14.7 Å². The smallest absolute Gasteiger partial charge is 0.242 e. The Bertz CT molecular complexity index is 1210. The highest BCUT2D eigenvalue weighted by molar-refractivity contribution is 5.90. The topological polar surface area (TPSA) is 224 Å². The van der Waals surface area contributed by atoms with Gasteiger partial charge >= 0.3 is 0 Å². The Morgan fingerprint density at radius 3 is 2.00 bits per heavy atom. The summed E-state index contributed by atoms with van der Waals surface area (Å²) in [5, 5.41) is 22.6. The van der Waals surface area contributed by atoms with E-state index in [2.05, 4.69) is 10.6 Å². The number of phenolic OH excluding ortho intramolecular Hbond substituents is 1. The van der Waals surface area contributed by atoms with Crippen LogP contribution in [0.25, 0.3) is 0 Å². The fourth-order valence-electron chi connectivity index (χ4n) is 4.31. The van der Waals surface area contributed by atoms with Gasteiger partial charge in [0.1, 0.15) is 12.3 Å². The number of phenols is 1. The van der Waals surface area contributed by atoms with E-state index in [1.807, 2.05) is 30.3 Å². The molecule has 0 atom stereocenters. The van der Waals surface area contributed by atoms with Gasteiger partial charge < -0.3 is 47.6 Å². The van der Waals surface area contributed by atoms with E-state index in [4.69, 9.17) is 22.6 Å². The third-order valence-electron chi connectivity index (χ3n) is 6.62. The first-order valence-corrected chi connectivity index (χ1v) is 14.5. The largest absolute Gasteiger partial charge is 0.508 e. The second kappa shape index (κ2) is 19.5. The van der Waals surface area contributed by atoms with Crippen LogP contribution in [0.15, 0.2) is 54.6 Å². The molecule has 2 aromatic rings. The molecule has 0 saturated heterocycles. The van der Waals surface area contributed by atoms with Crippen LogP contribution in [0.1, 0.15) is 30.4 Å². The Labute approximate surface area is 258 Å². The van der Waals surface area contributed by atoms with Gasteiger partial charge in [0.05, 0.1) is 19.6 Å². The Kier molecular flexibility index (Phi) is 15.7. The van der Waals surface area contributed by atoms with Crippen LogP contribution >= 0.6 is 0 Å². The minimum absolute atomic E-state index is 0.0561. The predicted octanol–water partition coefficient (Wildman–Crippen LogP) is -0.735. The first-order chi connectivity index (χ1) is 21.1. The van der Waals surface area contributed by atoms with E-state index in [0.29, 0.717) is 38.9 Å². The molecule has 0 aliphatic carbocycles. The number of carbonyl (C=O) groups excluding carboxylic acids is 4. The van der Waals surface area contributed by atoms with Gasteiger partial charge in [-0.05, 0) is 49.1 Å². The summed E-state index contributed by atoms with van der Waals surface area (Å²) >= 11 is 0. The molecule has 0 saturated carbocycles. The van der Waals surface area contributed by atoms with Crippen LogP contribution in [-0.4, -0.2) is 102 Å². The summed E-state index contributed by atoms with van der Waals surface area (Å²) in [7, 11) is 0. The molecule has 0 aliphatic rings. The minimum Gasteiger partial charge on any atom is -0.508 e. The molecular formula is C30H45N9O5. The number of aromatic hydroxyl groups is 1. The third-order valence-corrected chi connectivity index (χ3v) is 6.62. The van der Waals surface area contributed by atoms with Crippen molar-refractivity contribution in [3.05, 3.63) is 65.7 Å². The van der Waals surface area contributed by atoms with Crippen molar-refractivity contribution in [1.82, 2.24) is 25.3 Å². The van der Waals surface area contributed by atoms with Gasteiger partial charge in [-0.25, -0.2) is 0 Å². The molecule has 4 amide bonds. The molecule has 14 nitrogen and oxygen atoms in total. The molecule has 0 heterocycles. The fourth-order valence-corrected chi connectivity index (χ4v) is 4.31. The van der Waals surface area contributed by atoms with Crippen molar-refractivity contribution in [1.29, 1.82) is 5.41 Å². The van der Waals surface area contributed by atoms with Gasteiger partial charge in [-0.15, -0.1) is 0 Å². The van der Waals surface area contributed by atoms with Crippen LogP contribution in [0.2, 0.25) is 0 Å². The van der Waals surface area contributed by atoms with Gasteiger partial charge in [0, 0.05) is 32.7 Å². The molecule has 2 aromatic carbocycles. The highest BCUT2D eigenvalue weighted by Crippen LogP contribution is 2.10. The molecule has 10 N–H and O–H groups in total. The normalized spacial score (nSPS) is 10.6. The molecule has 0 aliphatic heterocycles. The van der Waals surface area contributed by atoms with Crippen molar-refractivity contribution in [2.24, 2.45) is 17.2 Å². The highest BCUT2D eigenvalue weighted by Gasteiger charge is 2.25. The zero-order valence-corrected chi connectivity index (χ0v) is 25.0. The van der Waals surface area contributed by atoms with E-state index < -0.39 is 17.7 Å². The lowest BCUT2D eigenvalue weighted by molar-refractivity contribution is -0.145. The van der Waals surface area contributed by atoms with Crippen molar-refractivity contribution in [2.75, 3.05) is 52.4 Å². The van der Waals surface area contributed by atoms with E-state index in [1.54, 1.807) is 24.3 Å². The van der Waals surface area contributed by atoms with Crippen LogP contribution in [0.5, 0.6) is 5.75 Å². The van der Waals surface area contributed by atoms with Gasteiger partial charge in [-0.2, -0.15) is 0 Å². The number of amides is 4. The third kappa shape index (κ3) is 14.0. The average molecular weight is 612 g/mol. The molecule has 0 aromatic heterocycles. The lowest BCUT2D eigenvalue weighted by atomic mass is 10.2. The Morgan fingerprint density at radius 1 is 0.750 bits per heavy atom. The maximum absolute atomic E-state index is 13.7. The molecule has 0 bridgehead atoms. The second-order valence-corrected chi connectivity index (χ2v) is 10.3. The Hall–Kier alpha value is -4.69. The molecule has 2 rings (SSSR count). The van der Waals surface area contributed by atoms with Gasteiger partial charge in [-0.1, -0.05) is 42.5 Å². The summed E-state index contributed by atoms with van der Waals surface area (Å²) in [6.07, 6.45) is 1.66. The lowest BCUT2D eigenvalue weighted by Crippen LogP contribution is -2.50. The SMILES string of the molecule is N=C(N)NCCCN(CC(=O)N(CC(=O)N(CCCCN)CC(N)=O)Cc1ccccc1)C(=O)CNCc1ccc(O)cc1. The molecule has 0 unspecified atom stereocenters. The van der Waals surface area contributed by atoms with Crippen LogP contribution in [0.3, 0.4) is 0 Å². The summed E-state index contributed by atoms with van der Waals surface area (Å²) in [5.41, 5.74) is 18.0. The summed E-state index contributed by atoms with van der Waals surface area (Å²) < 4.78 is 0. The number of nitrogens with zero attached hydrogens (tertiary/aromatic N) is 3. The number of hydrogen-bond acceptors (Lipinski definition) is 8. The highest BCUT2D eigenvalue weighted by atomic mass is 16.3. The molecule has 0 radical (unpaired) electrons. The standard InChI is InChI=1S/C30H45N9O5/c31-13-4-5-15-37(20-26(32)41)28(43)22-39(19-24-7-2-1-3-8-24)29(44)21-38(16-6-14-36-30(33)34)27(42)18-35-17-23-9-11-25(40)12-10-23/h1-3,7-12,35,40H,4-6,13-22,31H2,(H2,32,41)(H4,33,34,36). The van der Waals surface area contributed by atoms with Crippen LogP contribution in [0, 0.1) is 5.41 Å². The predicted molar refractivity (Wildman–Crippen MR) is 167 cm³/mol. The van der Waals surface area contributed by atoms with E-state index in [9.17, 15) is 24.3 Å². The number of rotatable bonds is 20. The van der Waals surface area contributed by atoms with Gasteiger partial charge in [0.15, 0.2) is 5.96 Å². The van der Waals surface area contributed by atoms with E-state index >= 15 is 0 Å². The van der Waals surface area contributed by atoms with E-state index in [-0.39, 0.29) is 63.4 Å². The molecule has 44 heavy (non-hydrogen) atoms. The molecule has 14 heteroatoms. The van der Waals surface area contributed by atoms with Gasteiger partial charge in [-0.3, -0.25) is 24.6 Å². The van der Waals surface area contributed by atoms with Crippen molar-refractivity contribution in [2.45, 2.75) is 32.4 Å². The second-order valence-electron chi connectivity index (χ2n) is 10.3. The van der Waals surface area contributed by atoms with Gasteiger partial charge in [0.25, 0.3) is 0 Å². The van der Waals surface area contributed by atoms with Crippen molar-refractivity contribution >= 4 is 29.6 Å². The van der Waals surface area contributed by atoms with Crippen molar-refractivity contribution in [3.8, 4) is 5.75 Å². The maximum atomic E-state index is 13.7. The number of hydrogen-bond donors (Lipinski definition) is 7. The van der Waals surface area contributed by atoms with Crippen LogP contribution < -0.4 is 27.8 Å². The number of nitrogens with two attached hydrogens (primary N) is 3. The molecule has 0 fully saturated rings. The van der Waals surface area contributed by atoms with Crippen molar-refractivity contribution in [3.63, 3.8) is 0 Å². The summed E-state index contributed by atoms with van der Waals surface area (Å²) in [5.74, 6) is -1.95. The number of guanidine groups is 1. The fraction of sp³-hybridized carbons (Fsp3) is 0.433. The molecule has 0 spiro atoms. The summed E-state index contributed by atoms with van der Waals surface area (Å²) in [4.78, 5) is 56.1. The first-order valence-electron chi connectivity index (χ1n) is 14.5. The monoisotopic (exact) mass is 611 g/mol. The average Bonchev–Trinajstić information content (AvgIpc) is 2.99. The summed E-state index contributed by atoms with van der Waals surface area (Å²) in [6.45, 7) is 0.784. The van der Waals surface area contributed by atoms with Crippen LogP contribution in [-0.2, 0) is 32.3 Å². The Balaban J connectivity index is 2.18. The molecular weight excluding hydrogens is 566 g/mol. The minimum atomic E-state index is -0.664. The van der Waals surface area contributed by atoms with Gasteiger partial charge in [0.2, 0.25) is 23.6 Å². The number of nitrogens with one attached hydrogen (secondary N) is 3. The zero-order valence-electron chi connectivity index (χ0n) is 25.0. The number of carbonyl (C=O) groups is 4. The first kappa shape index (κ1) is 35.5. The quantitative estimate of drug-likeness (QED) is 0.0568. The van der Waals surface area contributed by atoms with E-state index in [0.717, 1.165) is 11.1 Å². The molecule has 240 valence electrons. The number of unbranched alkanes of at least 4 members (excludes halogenated alkanes) is 1. The lowest BCUT2D eigenvalue weighted by Gasteiger charge is -2.30. The zero-order chi connectivity index (χ0) is 32.3. The maximum Gasteiger partial charge on any atom is 0.242 e. The van der Waals surface area contributed by atoms with Crippen molar-refractivity contribution < 1.29 is 24.3 Å². The number of benzene rings is 2. The number of primary amides is 1.